The van der Waals surface area contributed by atoms with Crippen molar-refractivity contribution in [1.29, 1.82) is 0 Å². The number of benzene rings is 1. The van der Waals surface area contributed by atoms with Gasteiger partial charge >= 0.3 is 23.0 Å². The fourth-order valence-electron chi connectivity index (χ4n) is 3.82. The molecular formula is C36H48O2+2. The first-order chi connectivity index (χ1) is 17.3. The highest BCUT2D eigenvalue weighted by molar-refractivity contribution is 5.73. The highest BCUT2D eigenvalue weighted by Gasteiger charge is 2.34. The third-order valence-electron chi connectivity index (χ3n) is 6.46. The van der Waals surface area contributed by atoms with Crippen molar-refractivity contribution in [2.24, 2.45) is 0 Å². The van der Waals surface area contributed by atoms with Crippen LogP contribution in [0.2, 0.25) is 0 Å². The van der Waals surface area contributed by atoms with Crippen LogP contribution in [0.1, 0.15) is 128 Å². The van der Waals surface area contributed by atoms with Crippen LogP contribution in [0.25, 0.3) is 24.3 Å². The summed E-state index contributed by atoms with van der Waals surface area (Å²) in [7, 11) is 0. The molecule has 0 radical (unpaired) electrons. The van der Waals surface area contributed by atoms with E-state index in [4.69, 9.17) is 8.83 Å². The molecule has 0 spiro atoms. The minimum Gasteiger partial charge on any atom is -0.217 e. The molecule has 2 nitrogen and oxygen atoms in total. The Morgan fingerprint density at radius 1 is 0.368 bits per heavy atom. The van der Waals surface area contributed by atoms with E-state index in [9.17, 15) is 0 Å². The van der Waals surface area contributed by atoms with Gasteiger partial charge in [-0.2, -0.15) is 0 Å². The maximum Gasteiger partial charge on any atom is 0.335 e. The Bertz CT molecular complexity index is 1140. The summed E-state index contributed by atoms with van der Waals surface area (Å²) in [6.07, 6.45) is 8.71. The largest absolute Gasteiger partial charge is 0.335 e. The molecule has 0 aliphatic rings. The summed E-state index contributed by atoms with van der Waals surface area (Å²) in [5, 5.41) is 0. The fraction of sp³-hybridized carbons (Fsp3) is 0.444. The standard InChI is InChI=1S/C36H48O2/c1-33(2,3)29-21-27(22-30(37-29)34(4,5)6)19-17-25-13-15-26(16-14-25)18-20-28-23-31(35(7,8)9)38-32(24-28)36(10,11)12/h13-24H,1-12H3/q+2/b19-17+,20-18+. The summed E-state index contributed by atoms with van der Waals surface area (Å²) in [6.45, 7) is 26.3. The molecule has 0 N–H and O–H groups in total. The monoisotopic (exact) mass is 512 g/mol. The Morgan fingerprint density at radius 2 is 0.579 bits per heavy atom. The van der Waals surface area contributed by atoms with Crippen LogP contribution in [0, 0.1) is 0 Å². The van der Waals surface area contributed by atoms with E-state index in [0.717, 1.165) is 34.2 Å². The van der Waals surface area contributed by atoms with Crippen LogP contribution in [-0.4, -0.2) is 0 Å². The van der Waals surface area contributed by atoms with E-state index in [1.165, 1.54) is 11.1 Å². The third kappa shape index (κ3) is 8.00. The van der Waals surface area contributed by atoms with Crippen molar-refractivity contribution in [3.63, 3.8) is 0 Å². The molecule has 0 atom stereocenters. The van der Waals surface area contributed by atoms with E-state index in [1.807, 2.05) is 0 Å². The summed E-state index contributed by atoms with van der Waals surface area (Å²) in [5.74, 6) is 4.01. The molecule has 3 rings (SSSR count). The fourth-order valence-corrected chi connectivity index (χ4v) is 3.82. The number of rotatable bonds is 4. The van der Waals surface area contributed by atoms with Gasteiger partial charge in [0.1, 0.15) is 0 Å². The summed E-state index contributed by atoms with van der Waals surface area (Å²) in [5.41, 5.74) is 4.46. The maximum atomic E-state index is 6.28. The molecule has 202 valence electrons. The molecule has 0 aliphatic carbocycles. The van der Waals surface area contributed by atoms with Crippen LogP contribution in [0.4, 0.5) is 0 Å². The van der Waals surface area contributed by atoms with E-state index >= 15 is 0 Å². The lowest BCUT2D eigenvalue weighted by Gasteiger charge is -2.14. The molecule has 38 heavy (non-hydrogen) atoms. The van der Waals surface area contributed by atoms with Gasteiger partial charge in [-0.1, -0.05) is 48.6 Å². The van der Waals surface area contributed by atoms with Gasteiger partial charge in [-0.05, 0) is 105 Å². The summed E-state index contributed by atoms with van der Waals surface area (Å²) in [4.78, 5) is 0. The molecule has 1 aromatic carbocycles. The van der Waals surface area contributed by atoms with Crippen molar-refractivity contribution < 1.29 is 8.83 Å². The molecule has 0 amide bonds. The summed E-state index contributed by atoms with van der Waals surface area (Å²) >= 11 is 0. The van der Waals surface area contributed by atoms with Gasteiger partial charge in [-0.3, -0.25) is 0 Å². The topological polar surface area (TPSA) is 22.6 Å². The lowest BCUT2D eigenvalue weighted by Crippen LogP contribution is -2.16. The minimum absolute atomic E-state index is 0.0496. The van der Waals surface area contributed by atoms with Gasteiger partial charge in [0.2, 0.25) is 0 Å². The van der Waals surface area contributed by atoms with Crippen LogP contribution in [0.5, 0.6) is 0 Å². The second-order valence-electron chi connectivity index (χ2n) is 14.6. The zero-order valence-electron chi connectivity index (χ0n) is 25.7. The van der Waals surface area contributed by atoms with Crippen LogP contribution in [0.15, 0.2) is 57.4 Å². The van der Waals surface area contributed by atoms with Gasteiger partial charge in [0.25, 0.3) is 0 Å². The Kier molecular flexibility index (Phi) is 8.27. The van der Waals surface area contributed by atoms with Crippen molar-refractivity contribution in [3.05, 3.63) is 93.8 Å². The molecule has 0 saturated carbocycles. The second-order valence-corrected chi connectivity index (χ2v) is 14.6. The summed E-state index contributed by atoms with van der Waals surface area (Å²) < 4.78 is 12.6. The molecular weight excluding hydrogens is 464 g/mol. The van der Waals surface area contributed by atoms with Crippen molar-refractivity contribution in [2.45, 2.75) is 105 Å². The molecule has 2 aromatic heterocycles. The van der Waals surface area contributed by atoms with Gasteiger partial charge in [0, 0.05) is 24.3 Å². The van der Waals surface area contributed by atoms with Crippen LogP contribution in [0.3, 0.4) is 0 Å². The number of hydrogen-bond acceptors (Lipinski definition) is 0. The van der Waals surface area contributed by atoms with Crippen LogP contribution >= 0.6 is 0 Å². The SMILES string of the molecule is CC(C)(C)c1cc(/C=C/c2ccc(/C=C/c3cc(C(C)(C)C)[o+]c(C(C)(C)C)c3)cc2)cc(C(C)(C)C)[o+]1. The van der Waals surface area contributed by atoms with Crippen molar-refractivity contribution in [2.75, 3.05) is 0 Å². The quantitative estimate of drug-likeness (QED) is 0.324. The predicted molar refractivity (Wildman–Crippen MR) is 165 cm³/mol. The van der Waals surface area contributed by atoms with E-state index in [0.29, 0.717) is 0 Å². The lowest BCUT2D eigenvalue weighted by molar-refractivity contribution is 0.328. The normalized spacial score (nSPS) is 13.6. The van der Waals surface area contributed by atoms with Crippen LogP contribution in [-0.2, 0) is 21.7 Å². The van der Waals surface area contributed by atoms with Crippen molar-refractivity contribution in [1.82, 2.24) is 0 Å². The van der Waals surface area contributed by atoms with E-state index in [1.54, 1.807) is 0 Å². The maximum absolute atomic E-state index is 6.28. The van der Waals surface area contributed by atoms with Gasteiger partial charge in [-0.25, -0.2) is 8.83 Å². The molecule has 0 bridgehead atoms. The zero-order valence-corrected chi connectivity index (χ0v) is 25.7. The van der Waals surface area contributed by atoms with Gasteiger partial charge < -0.3 is 0 Å². The zero-order chi connectivity index (χ0) is 28.5. The first kappa shape index (κ1) is 29.6. The molecule has 3 aromatic rings. The Hall–Kier alpha value is -3.00. The Balaban J connectivity index is 1.85. The third-order valence-corrected chi connectivity index (χ3v) is 6.46. The molecule has 2 heteroatoms. The molecule has 2 heterocycles. The van der Waals surface area contributed by atoms with Crippen molar-refractivity contribution >= 4 is 24.3 Å². The average Bonchev–Trinajstić information content (AvgIpc) is 2.79. The average molecular weight is 513 g/mol. The van der Waals surface area contributed by atoms with Gasteiger partial charge in [0.05, 0.1) is 21.7 Å². The molecule has 0 saturated heterocycles. The van der Waals surface area contributed by atoms with Crippen molar-refractivity contribution in [3.8, 4) is 0 Å². The predicted octanol–water partition coefficient (Wildman–Crippen LogP) is 11.0. The molecule has 0 aliphatic heterocycles. The highest BCUT2D eigenvalue weighted by atomic mass is 16.3. The first-order valence-electron chi connectivity index (χ1n) is 13.8. The Morgan fingerprint density at radius 3 is 0.789 bits per heavy atom. The molecule has 0 unspecified atom stereocenters. The van der Waals surface area contributed by atoms with E-state index < -0.39 is 0 Å². The van der Waals surface area contributed by atoms with Gasteiger partial charge in [-0.15, -0.1) is 0 Å². The smallest absolute Gasteiger partial charge is 0.217 e. The number of hydrogen-bond donors (Lipinski definition) is 0. The first-order valence-corrected chi connectivity index (χ1v) is 13.8. The van der Waals surface area contributed by atoms with Gasteiger partial charge in [0.15, 0.2) is 0 Å². The van der Waals surface area contributed by atoms with E-state index in [-0.39, 0.29) is 21.7 Å². The Labute approximate surface area is 231 Å². The van der Waals surface area contributed by atoms with Crippen LogP contribution < -0.4 is 0 Å². The lowest BCUT2D eigenvalue weighted by atomic mass is 9.88. The second kappa shape index (κ2) is 10.6. The van der Waals surface area contributed by atoms with E-state index in [2.05, 4.69) is 156 Å². The highest BCUT2D eigenvalue weighted by Crippen LogP contribution is 2.32. The minimum atomic E-state index is -0.0496. The molecule has 0 fully saturated rings. The summed E-state index contributed by atoms with van der Waals surface area (Å²) in [6, 6.07) is 17.3.